The van der Waals surface area contributed by atoms with Gasteiger partial charge in [-0.1, -0.05) is 20.4 Å². The number of aromatic nitrogens is 4. The Morgan fingerprint density at radius 3 is 2.87 bits per heavy atom. The lowest BCUT2D eigenvalue weighted by molar-refractivity contribution is 0.0860. The van der Waals surface area contributed by atoms with Crippen LogP contribution in [0.15, 0.2) is 35.3 Å². The van der Waals surface area contributed by atoms with Crippen molar-refractivity contribution in [3.05, 3.63) is 35.3 Å². The van der Waals surface area contributed by atoms with Crippen LogP contribution in [-0.4, -0.2) is 68.8 Å². The Hall–Kier alpha value is -2.13. The number of likely N-dealkylation sites (tertiary alicyclic amines) is 2. The topological polar surface area (TPSA) is 74.1 Å². The first-order valence-electron chi connectivity index (χ1n) is 11.2. The van der Waals surface area contributed by atoms with Crippen LogP contribution in [0.3, 0.4) is 0 Å². The van der Waals surface area contributed by atoms with Gasteiger partial charge in [0.2, 0.25) is 5.95 Å². The van der Waals surface area contributed by atoms with Crippen LogP contribution in [0.2, 0.25) is 0 Å². The molecule has 2 fully saturated rings. The van der Waals surface area contributed by atoms with Crippen LogP contribution in [-0.2, 0) is 0 Å². The molecule has 31 heavy (non-hydrogen) atoms. The van der Waals surface area contributed by atoms with Crippen molar-refractivity contribution in [3.63, 3.8) is 0 Å². The lowest BCUT2D eigenvalue weighted by atomic mass is 10.1. The molecule has 0 atom stereocenters. The molecule has 2 N–H and O–H groups in total. The van der Waals surface area contributed by atoms with Crippen LogP contribution in [0.4, 0.5) is 17.5 Å². The third-order valence-corrected chi connectivity index (χ3v) is 6.36. The van der Waals surface area contributed by atoms with Crippen molar-refractivity contribution < 1.29 is 0 Å². The number of hydrogen-bond acceptors (Lipinski definition) is 7. The fourth-order valence-electron chi connectivity index (χ4n) is 4.19. The monoisotopic (exact) mass is 488 g/mol. The molecule has 2 saturated heterocycles. The Morgan fingerprint density at radius 2 is 2.13 bits per heavy atom. The summed E-state index contributed by atoms with van der Waals surface area (Å²) in [4.78, 5) is 13.9. The number of nitrogens with zero attached hydrogens (tertiary/aromatic N) is 6. The summed E-state index contributed by atoms with van der Waals surface area (Å²) in [5, 5.41) is 11.2. The summed E-state index contributed by atoms with van der Waals surface area (Å²) >= 11 is 3.55. The Bertz CT molecular complexity index is 889. The molecule has 0 radical (unpaired) electrons. The van der Waals surface area contributed by atoms with Gasteiger partial charge in [-0.2, -0.15) is 10.1 Å². The molecule has 4 rings (SSSR count). The van der Waals surface area contributed by atoms with Crippen molar-refractivity contribution in [1.82, 2.24) is 29.5 Å². The van der Waals surface area contributed by atoms with Gasteiger partial charge in [0.25, 0.3) is 0 Å². The van der Waals surface area contributed by atoms with Crippen molar-refractivity contribution in [3.8, 4) is 0 Å². The van der Waals surface area contributed by atoms with E-state index in [1.54, 1.807) is 6.20 Å². The summed E-state index contributed by atoms with van der Waals surface area (Å²) in [6.07, 6.45) is 9.06. The molecule has 0 aliphatic carbocycles. The molecule has 0 aromatic carbocycles. The Labute approximate surface area is 193 Å². The highest BCUT2D eigenvalue weighted by molar-refractivity contribution is 9.10. The van der Waals surface area contributed by atoms with E-state index >= 15 is 0 Å². The third kappa shape index (κ3) is 5.77. The predicted molar refractivity (Wildman–Crippen MR) is 129 cm³/mol. The molecule has 0 bridgehead atoms. The molecule has 0 unspecified atom stereocenters. The van der Waals surface area contributed by atoms with Gasteiger partial charge in [-0.05, 0) is 41.1 Å². The Kier molecular flexibility index (Phi) is 7.12. The second-order valence-electron chi connectivity index (χ2n) is 8.93. The molecule has 2 aliphatic heterocycles. The molecular weight excluding hydrogens is 456 g/mol. The van der Waals surface area contributed by atoms with Gasteiger partial charge in [0.15, 0.2) is 0 Å². The molecular formula is C22H33BrN8. The van der Waals surface area contributed by atoms with E-state index in [0.717, 1.165) is 68.1 Å². The van der Waals surface area contributed by atoms with Crippen LogP contribution >= 0.6 is 15.9 Å². The molecule has 0 spiro atoms. The van der Waals surface area contributed by atoms with Gasteiger partial charge in [0, 0.05) is 57.4 Å². The quantitative estimate of drug-likeness (QED) is 0.487. The molecule has 4 heterocycles. The number of halogens is 1. The average Bonchev–Trinajstić information content (AvgIpc) is 3.32. The zero-order valence-corrected chi connectivity index (χ0v) is 20.1. The summed E-state index contributed by atoms with van der Waals surface area (Å²) in [6, 6.07) is 0.448. The molecule has 2 aromatic heterocycles. The van der Waals surface area contributed by atoms with Crippen molar-refractivity contribution in [2.75, 3.05) is 49.9 Å². The van der Waals surface area contributed by atoms with Crippen molar-refractivity contribution in [2.24, 2.45) is 5.92 Å². The second kappa shape index (κ2) is 9.99. The van der Waals surface area contributed by atoms with E-state index in [0.29, 0.717) is 17.9 Å². The summed E-state index contributed by atoms with van der Waals surface area (Å²) < 4.78 is 2.91. The smallest absolute Gasteiger partial charge is 0.229 e. The molecule has 0 amide bonds. The maximum absolute atomic E-state index is 4.63. The summed E-state index contributed by atoms with van der Waals surface area (Å²) in [5.41, 5.74) is 2.17. The number of anilines is 3. The maximum atomic E-state index is 4.63. The van der Waals surface area contributed by atoms with Gasteiger partial charge in [0.1, 0.15) is 5.82 Å². The van der Waals surface area contributed by atoms with Crippen molar-refractivity contribution >= 4 is 33.4 Å². The minimum atomic E-state index is 0.448. The van der Waals surface area contributed by atoms with E-state index < -0.39 is 0 Å². The summed E-state index contributed by atoms with van der Waals surface area (Å²) in [6.45, 7) is 15.0. The van der Waals surface area contributed by atoms with E-state index in [4.69, 9.17) is 0 Å². The number of nitrogens with one attached hydrogen (secondary N) is 2. The number of allylic oxidation sites excluding steroid dienone is 1. The van der Waals surface area contributed by atoms with E-state index in [1.807, 2.05) is 17.1 Å². The summed E-state index contributed by atoms with van der Waals surface area (Å²) in [5.74, 6) is 2.06. The van der Waals surface area contributed by atoms with E-state index in [1.165, 1.54) is 12.1 Å². The minimum Gasteiger partial charge on any atom is -0.375 e. The number of rotatable bonds is 10. The standard InChI is InChI=1S/C22H33BrN8/c1-16(2)12-29-14-19(15-29)31-13-18(10-26-31)27-22-25-11-20(23)21(28-22)24-7-5-9-30-8-4-6-17(30)3/h10-11,13,16,19H,3-9,12,14-15H2,1-2H3,(H2,24,25,27,28). The van der Waals surface area contributed by atoms with Gasteiger partial charge < -0.3 is 15.5 Å². The highest BCUT2D eigenvalue weighted by atomic mass is 79.9. The predicted octanol–water partition coefficient (Wildman–Crippen LogP) is 4.10. The molecule has 2 aromatic rings. The summed E-state index contributed by atoms with van der Waals surface area (Å²) in [7, 11) is 0. The zero-order valence-electron chi connectivity index (χ0n) is 18.5. The fourth-order valence-corrected chi connectivity index (χ4v) is 4.53. The van der Waals surface area contributed by atoms with Crippen LogP contribution in [0.1, 0.15) is 39.2 Å². The minimum absolute atomic E-state index is 0.448. The second-order valence-corrected chi connectivity index (χ2v) is 9.78. The van der Waals surface area contributed by atoms with Crippen molar-refractivity contribution in [1.29, 1.82) is 0 Å². The molecule has 2 aliphatic rings. The molecule has 9 heteroatoms. The Balaban J connectivity index is 1.26. The van der Waals surface area contributed by atoms with Crippen LogP contribution in [0.5, 0.6) is 0 Å². The Morgan fingerprint density at radius 1 is 1.29 bits per heavy atom. The highest BCUT2D eigenvalue weighted by Crippen LogP contribution is 2.25. The van der Waals surface area contributed by atoms with Gasteiger partial charge in [-0.25, -0.2) is 4.98 Å². The SMILES string of the molecule is C=C1CCCN1CCCNc1nc(Nc2cnn(C3CN(CC(C)C)C3)c2)ncc1Br. The van der Waals surface area contributed by atoms with Crippen LogP contribution < -0.4 is 10.6 Å². The van der Waals surface area contributed by atoms with E-state index in [2.05, 4.69) is 71.9 Å². The number of hydrogen-bond donors (Lipinski definition) is 2. The normalized spacial score (nSPS) is 17.4. The maximum Gasteiger partial charge on any atom is 0.229 e. The first-order chi connectivity index (χ1) is 15.0. The van der Waals surface area contributed by atoms with Crippen LogP contribution in [0, 0.1) is 5.92 Å². The fraction of sp³-hybridized carbons (Fsp3) is 0.591. The third-order valence-electron chi connectivity index (χ3n) is 5.77. The van der Waals surface area contributed by atoms with Gasteiger partial charge in [-0.3, -0.25) is 9.58 Å². The highest BCUT2D eigenvalue weighted by Gasteiger charge is 2.28. The van der Waals surface area contributed by atoms with Gasteiger partial charge in [-0.15, -0.1) is 0 Å². The van der Waals surface area contributed by atoms with Crippen LogP contribution in [0.25, 0.3) is 0 Å². The van der Waals surface area contributed by atoms with Gasteiger partial charge >= 0.3 is 0 Å². The van der Waals surface area contributed by atoms with Crippen molar-refractivity contribution in [2.45, 2.75) is 39.2 Å². The zero-order chi connectivity index (χ0) is 21.8. The first kappa shape index (κ1) is 22.1. The van der Waals surface area contributed by atoms with Gasteiger partial charge in [0.05, 0.1) is 22.4 Å². The molecule has 0 saturated carbocycles. The molecule has 168 valence electrons. The first-order valence-corrected chi connectivity index (χ1v) is 12.0. The van der Waals surface area contributed by atoms with E-state index in [9.17, 15) is 0 Å². The lowest BCUT2D eigenvalue weighted by Gasteiger charge is -2.40. The molecule has 8 nitrogen and oxygen atoms in total. The lowest BCUT2D eigenvalue weighted by Crippen LogP contribution is -2.49. The van der Waals surface area contributed by atoms with E-state index in [-0.39, 0.29) is 0 Å². The largest absolute Gasteiger partial charge is 0.375 e. The average molecular weight is 489 g/mol.